The highest BCUT2D eigenvalue weighted by atomic mass is 16.5. The molecular weight excluding hydrogens is 426 g/mol. The predicted octanol–water partition coefficient (Wildman–Crippen LogP) is 7.61. The number of hydrogen-bond donors (Lipinski definition) is 3. The third-order valence-corrected chi connectivity index (χ3v) is 6.21. The summed E-state index contributed by atoms with van der Waals surface area (Å²) in [6.07, 6.45) is 0. The lowest BCUT2D eigenvalue weighted by Crippen LogP contribution is -2.14. The molecule has 4 aromatic carbocycles. The Hall–Kier alpha value is -4.12. The first-order chi connectivity index (χ1) is 16.1. The van der Waals surface area contributed by atoms with Gasteiger partial charge in [0.25, 0.3) is 0 Å². The second kappa shape index (κ2) is 9.02. The van der Waals surface area contributed by atoms with Crippen LogP contribution in [0.5, 0.6) is 28.7 Å². The van der Waals surface area contributed by atoms with Crippen molar-refractivity contribution in [3.8, 4) is 28.7 Å². The normalized spacial score (nSPS) is 10.9. The summed E-state index contributed by atoms with van der Waals surface area (Å²) in [6.45, 7) is 9.86. The van der Waals surface area contributed by atoms with Crippen molar-refractivity contribution in [2.45, 2.75) is 34.6 Å². The summed E-state index contributed by atoms with van der Waals surface area (Å²) in [4.78, 5) is 2.02. The van der Waals surface area contributed by atoms with Crippen molar-refractivity contribution in [2.24, 2.45) is 0 Å². The summed E-state index contributed by atoms with van der Waals surface area (Å²) in [5, 5.41) is 30.7. The number of nitrogens with zero attached hydrogens (tertiary/aromatic N) is 1. The van der Waals surface area contributed by atoms with Crippen LogP contribution in [0.15, 0.2) is 66.7 Å². The van der Waals surface area contributed by atoms with Crippen molar-refractivity contribution in [2.75, 3.05) is 4.90 Å². The van der Waals surface area contributed by atoms with E-state index in [1.54, 1.807) is 42.5 Å². The van der Waals surface area contributed by atoms with Crippen LogP contribution in [0.1, 0.15) is 27.8 Å². The summed E-state index contributed by atoms with van der Waals surface area (Å²) in [5.41, 5.74) is 7.24. The molecule has 0 aliphatic carbocycles. The lowest BCUT2D eigenvalue weighted by molar-refractivity contribution is 0.453. The van der Waals surface area contributed by atoms with Gasteiger partial charge in [0.05, 0.1) is 11.4 Å². The molecule has 5 nitrogen and oxygen atoms in total. The van der Waals surface area contributed by atoms with Gasteiger partial charge >= 0.3 is 0 Å². The van der Waals surface area contributed by atoms with E-state index in [0.717, 1.165) is 44.9 Å². The Morgan fingerprint density at radius 2 is 1.18 bits per heavy atom. The molecule has 5 heteroatoms. The number of anilines is 3. The molecule has 0 atom stereocenters. The number of ether oxygens (including phenoxy) is 1. The van der Waals surface area contributed by atoms with E-state index in [9.17, 15) is 15.3 Å². The second-order valence-electron chi connectivity index (χ2n) is 8.70. The molecule has 3 N–H and O–H groups in total. The van der Waals surface area contributed by atoms with Crippen molar-refractivity contribution in [1.82, 2.24) is 0 Å². The fourth-order valence-electron chi connectivity index (χ4n) is 4.03. The van der Waals surface area contributed by atoms with Crippen molar-refractivity contribution in [1.29, 1.82) is 0 Å². The van der Waals surface area contributed by atoms with Gasteiger partial charge in [0.1, 0.15) is 28.7 Å². The maximum atomic E-state index is 10.4. The van der Waals surface area contributed by atoms with Gasteiger partial charge in [-0.25, -0.2) is 0 Å². The van der Waals surface area contributed by atoms with Crippen LogP contribution in [0.2, 0.25) is 0 Å². The van der Waals surface area contributed by atoms with Crippen molar-refractivity contribution >= 4 is 17.1 Å². The molecule has 174 valence electrons. The highest BCUT2D eigenvalue weighted by Gasteiger charge is 2.20. The highest BCUT2D eigenvalue weighted by Crippen LogP contribution is 2.43. The van der Waals surface area contributed by atoms with Crippen LogP contribution in [-0.4, -0.2) is 15.3 Å². The average Bonchev–Trinajstić information content (AvgIpc) is 2.78. The molecule has 0 fully saturated rings. The molecule has 4 rings (SSSR count). The van der Waals surface area contributed by atoms with Crippen LogP contribution >= 0.6 is 0 Å². The van der Waals surface area contributed by atoms with Gasteiger partial charge in [0, 0.05) is 30.0 Å². The molecule has 0 aromatic heterocycles. The molecule has 0 radical (unpaired) electrons. The molecule has 0 heterocycles. The third-order valence-electron chi connectivity index (χ3n) is 6.21. The SMILES string of the molecule is Cc1ccc(O)cc1Oc1cccc(N(c2cc(O)cc(C)c2C)c2cc(O)cc(C)c2C)c1. The van der Waals surface area contributed by atoms with E-state index in [0.29, 0.717) is 11.5 Å². The smallest absolute Gasteiger partial charge is 0.134 e. The Morgan fingerprint density at radius 1 is 0.588 bits per heavy atom. The van der Waals surface area contributed by atoms with Crippen LogP contribution in [0.25, 0.3) is 0 Å². The summed E-state index contributed by atoms with van der Waals surface area (Å²) in [7, 11) is 0. The Labute approximate surface area is 200 Å². The summed E-state index contributed by atoms with van der Waals surface area (Å²) in [5.74, 6) is 1.63. The average molecular weight is 456 g/mol. The summed E-state index contributed by atoms with van der Waals surface area (Å²) < 4.78 is 6.12. The van der Waals surface area contributed by atoms with E-state index in [2.05, 4.69) is 0 Å². The van der Waals surface area contributed by atoms with Crippen LogP contribution in [0, 0.1) is 34.6 Å². The summed E-state index contributed by atoms with van der Waals surface area (Å²) in [6, 6.07) is 19.6. The number of benzene rings is 4. The van der Waals surface area contributed by atoms with E-state index >= 15 is 0 Å². The minimum atomic E-state index is 0.134. The van der Waals surface area contributed by atoms with Crippen LogP contribution in [0.3, 0.4) is 0 Å². The molecule has 0 aliphatic heterocycles. The first kappa shape index (κ1) is 23.1. The molecule has 0 amide bonds. The Morgan fingerprint density at radius 3 is 1.76 bits per heavy atom. The van der Waals surface area contributed by atoms with Crippen LogP contribution in [-0.2, 0) is 0 Å². The topological polar surface area (TPSA) is 73.2 Å². The van der Waals surface area contributed by atoms with Gasteiger partial charge in [0.15, 0.2) is 0 Å². The number of aryl methyl sites for hydroxylation is 3. The quantitative estimate of drug-likeness (QED) is 0.289. The minimum Gasteiger partial charge on any atom is -0.508 e. The first-order valence-electron chi connectivity index (χ1n) is 11.1. The lowest BCUT2D eigenvalue weighted by atomic mass is 10.0. The molecule has 0 bridgehead atoms. The van der Waals surface area contributed by atoms with Crippen LogP contribution < -0.4 is 9.64 Å². The molecule has 0 saturated heterocycles. The maximum absolute atomic E-state index is 10.4. The van der Waals surface area contributed by atoms with Gasteiger partial charge in [-0.1, -0.05) is 12.1 Å². The minimum absolute atomic E-state index is 0.134. The van der Waals surface area contributed by atoms with Crippen molar-refractivity contribution in [3.05, 3.63) is 94.5 Å². The second-order valence-corrected chi connectivity index (χ2v) is 8.70. The molecule has 0 saturated carbocycles. The zero-order valence-corrected chi connectivity index (χ0v) is 20.0. The first-order valence-corrected chi connectivity index (χ1v) is 11.1. The van der Waals surface area contributed by atoms with Gasteiger partial charge in [-0.05, 0) is 92.8 Å². The fourth-order valence-corrected chi connectivity index (χ4v) is 4.03. The number of aromatic hydroxyl groups is 3. The van der Waals surface area contributed by atoms with Gasteiger partial charge in [0.2, 0.25) is 0 Å². The monoisotopic (exact) mass is 455 g/mol. The van der Waals surface area contributed by atoms with E-state index in [-0.39, 0.29) is 17.2 Å². The van der Waals surface area contributed by atoms with E-state index in [1.807, 2.05) is 63.8 Å². The molecule has 0 unspecified atom stereocenters. The zero-order valence-electron chi connectivity index (χ0n) is 20.0. The van der Waals surface area contributed by atoms with Gasteiger partial charge in [-0.15, -0.1) is 0 Å². The van der Waals surface area contributed by atoms with Crippen molar-refractivity contribution in [3.63, 3.8) is 0 Å². The van der Waals surface area contributed by atoms with Gasteiger partial charge < -0.3 is 25.0 Å². The summed E-state index contributed by atoms with van der Waals surface area (Å²) >= 11 is 0. The Kier molecular flexibility index (Phi) is 6.12. The Balaban J connectivity index is 1.91. The number of rotatable bonds is 5. The molecule has 34 heavy (non-hydrogen) atoms. The third kappa shape index (κ3) is 4.50. The molecule has 0 aliphatic rings. The molecular formula is C29H29NO4. The number of phenols is 3. The lowest BCUT2D eigenvalue weighted by Gasteiger charge is -2.30. The van der Waals surface area contributed by atoms with Gasteiger partial charge in [-0.2, -0.15) is 0 Å². The standard InChI is InChI=1S/C29H29NO4/c1-17-9-10-23(31)16-29(17)34-26-8-6-7-22(13-26)30(27-14-24(32)11-18(2)20(27)4)28-15-25(33)12-19(3)21(28)5/h6-16,31-33H,1-5H3. The number of phenolic OH excluding ortho intramolecular Hbond substituents is 3. The molecule has 4 aromatic rings. The van der Waals surface area contributed by atoms with E-state index in [4.69, 9.17) is 4.74 Å². The van der Waals surface area contributed by atoms with Gasteiger partial charge in [-0.3, -0.25) is 0 Å². The predicted molar refractivity (Wildman–Crippen MR) is 136 cm³/mol. The zero-order chi connectivity index (χ0) is 24.6. The highest BCUT2D eigenvalue weighted by molar-refractivity contribution is 5.83. The van der Waals surface area contributed by atoms with Crippen molar-refractivity contribution < 1.29 is 20.1 Å². The number of hydrogen-bond acceptors (Lipinski definition) is 5. The Bertz CT molecular complexity index is 1320. The van der Waals surface area contributed by atoms with Crippen LogP contribution in [0.4, 0.5) is 17.1 Å². The fraction of sp³-hybridized carbons (Fsp3) is 0.172. The van der Waals surface area contributed by atoms with E-state index in [1.165, 1.54) is 0 Å². The van der Waals surface area contributed by atoms with E-state index < -0.39 is 0 Å². The largest absolute Gasteiger partial charge is 0.508 e. The maximum Gasteiger partial charge on any atom is 0.134 e. The molecule has 0 spiro atoms.